The van der Waals surface area contributed by atoms with Crippen molar-refractivity contribution in [2.75, 3.05) is 0 Å². The summed E-state index contributed by atoms with van der Waals surface area (Å²) in [5.74, 6) is 1.51. The number of benzene rings is 1. The molecule has 5 nitrogen and oxygen atoms in total. The second-order valence-electron chi connectivity index (χ2n) is 5.87. The molecule has 0 saturated heterocycles. The molecule has 0 unspecified atom stereocenters. The van der Waals surface area contributed by atoms with E-state index in [1.54, 1.807) is 23.1 Å². The molecule has 0 aliphatic rings. The van der Waals surface area contributed by atoms with Crippen LogP contribution in [0.5, 0.6) is 0 Å². The lowest BCUT2D eigenvalue weighted by Crippen LogP contribution is -2.03. The van der Waals surface area contributed by atoms with Crippen LogP contribution in [0.4, 0.5) is 0 Å². The van der Waals surface area contributed by atoms with Gasteiger partial charge in [-0.3, -0.25) is 0 Å². The first kappa shape index (κ1) is 16.9. The first-order valence-electron chi connectivity index (χ1n) is 8.19. The van der Waals surface area contributed by atoms with E-state index >= 15 is 0 Å². The smallest absolute Gasteiger partial charge is 0.175 e. The maximum absolute atomic E-state index is 4.71. The van der Waals surface area contributed by atoms with Crippen molar-refractivity contribution in [2.45, 2.75) is 24.6 Å². The van der Waals surface area contributed by atoms with E-state index < -0.39 is 0 Å². The fourth-order valence-corrected chi connectivity index (χ4v) is 4.24. The number of hydrogen-bond acceptors (Lipinski definition) is 6. The number of hydrogen-bond donors (Lipinski definition) is 0. The van der Waals surface area contributed by atoms with Crippen molar-refractivity contribution < 1.29 is 0 Å². The zero-order valence-electron chi connectivity index (χ0n) is 14.5. The largest absolute Gasteiger partial charge is 0.240 e. The van der Waals surface area contributed by atoms with Crippen LogP contribution in [0.25, 0.3) is 16.4 Å². The summed E-state index contributed by atoms with van der Waals surface area (Å²) < 4.78 is 1.81. The van der Waals surface area contributed by atoms with Crippen LogP contribution in [0.1, 0.15) is 17.1 Å². The maximum Gasteiger partial charge on any atom is 0.175 e. The van der Waals surface area contributed by atoms with Crippen LogP contribution in [-0.4, -0.2) is 25.0 Å². The molecule has 0 N–H and O–H groups in total. The Hall–Kier alpha value is -2.51. The Morgan fingerprint density at radius 1 is 1.04 bits per heavy atom. The van der Waals surface area contributed by atoms with E-state index in [1.807, 2.05) is 54.9 Å². The number of aromatic nitrogens is 5. The minimum atomic E-state index is 0.736. The predicted molar refractivity (Wildman–Crippen MR) is 106 cm³/mol. The molecule has 26 heavy (non-hydrogen) atoms. The van der Waals surface area contributed by atoms with Gasteiger partial charge in [-0.05, 0) is 32.0 Å². The van der Waals surface area contributed by atoms with Crippen LogP contribution in [0, 0.1) is 13.8 Å². The summed E-state index contributed by atoms with van der Waals surface area (Å²) in [6.45, 7) is 3.98. The fourth-order valence-electron chi connectivity index (χ4n) is 2.60. The second-order valence-corrected chi connectivity index (χ2v) is 7.72. The lowest BCUT2D eigenvalue weighted by atomic mass is 10.2. The van der Waals surface area contributed by atoms with E-state index in [4.69, 9.17) is 4.98 Å². The second kappa shape index (κ2) is 7.39. The van der Waals surface area contributed by atoms with Gasteiger partial charge in [-0.2, -0.15) is 5.10 Å². The third-order valence-corrected chi connectivity index (χ3v) is 5.69. The molecule has 3 heterocycles. The van der Waals surface area contributed by atoms with Crippen molar-refractivity contribution in [3.8, 4) is 16.4 Å². The van der Waals surface area contributed by atoms with Crippen LogP contribution in [0.3, 0.4) is 0 Å². The van der Waals surface area contributed by atoms with Crippen LogP contribution in [-0.2, 0) is 5.75 Å². The average molecular weight is 380 g/mol. The minimum absolute atomic E-state index is 0.736. The Balaban J connectivity index is 1.42. The number of aryl methyl sites for hydroxylation is 2. The topological polar surface area (TPSA) is 56.5 Å². The minimum Gasteiger partial charge on any atom is -0.240 e. The van der Waals surface area contributed by atoms with E-state index in [9.17, 15) is 0 Å². The summed E-state index contributed by atoms with van der Waals surface area (Å²) in [6.07, 6.45) is 0. The molecule has 130 valence electrons. The van der Waals surface area contributed by atoms with Crippen molar-refractivity contribution in [1.82, 2.24) is 25.0 Å². The first-order chi connectivity index (χ1) is 12.7. The molecular weight excluding hydrogens is 362 g/mol. The highest BCUT2D eigenvalue weighted by Gasteiger charge is 2.08. The summed E-state index contributed by atoms with van der Waals surface area (Å²) in [5, 5.41) is 17.1. The Kier molecular flexibility index (Phi) is 4.81. The highest BCUT2D eigenvalue weighted by atomic mass is 32.2. The third kappa shape index (κ3) is 3.68. The number of thiazole rings is 1. The SMILES string of the molecule is Cc1cc(C)n(-c2ccc(SCc3csc(-c4ccccc4)n3)nn2)n1. The molecule has 3 aromatic heterocycles. The van der Waals surface area contributed by atoms with Crippen molar-refractivity contribution in [3.63, 3.8) is 0 Å². The van der Waals surface area contributed by atoms with Gasteiger partial charge in [-0.15, -0.1) is 21.5 Å². The van der Waals surface area contributed by atoms with E-state index in [-0.39, 0.29) is 0 Å². The number of nitrogens with zero attached hydrogens (tertiary/aromatic N) is 5. The van der Waals surface area contributed by atoms with Crippen LogP contribution in [0.2, 0.25) is 0 Å². The zero-order chi connectivity index (χ0) is 17.9. The van der Waals surface area contributed by atoms with Gasteiger partial charge >= 0.3 is 0 Å². The molecule has 0 atom stereocenters. The van der Waals surface area contributed by atoms with E-state index in [0.717, 1.165) is 44.2 Å². The Labute approximate surface area is 160 Å². The summed E-state index contributed by atoms with van der Waals surface area (Å²) in [7, 11) is 0. The molecule has 0 fully saturated rings. The van der Waals surface area contributed by atoms with Gasteiger partial charge in [0.15, 0.2) is 5.82 Å². The van der Waals surface area contributed by atoms with Gasteiger partial charge in [0, 0.05) is 22.4 Å². The van der Waals surface area contributed by atoms with Gasteiger partial charge in [0.1, 0.15) is 10.0 Å². The summed E-state index contributed by atoms with van der Waals surface area (Å²) >= 11 is 3.31. The quantitative estimate of drug-likeness (QED) is 0.471. The fraction of sp³-hybridized carbons (Fsp3) is 0.158. The Morgan fingerprint density at radius 3 is 2.58 bits per heavy atom. The van der Waals surface area contributed by atoms with Crippen LogP contribution < -0.4 is 0 Å². The molecule has 0 amide bonds. The number of thioether (sulfide) groups is 1. The highest BCUT2D eigenvalue weighted by molar-refractivity contribution is 7.98. The molecule has 4 aromatic rings. The average Bonchev–Trinajstić information content (AvgIpc) is 3.27. The molecular formula is C19H17N5S2. The maximum atomic E-state index is 4.71. The van der Waals surface area contributed by atoms with Crippen molar-refractivity contribution in [1.29, 1.82) is 0 Å². The summed E-state index contributed by atoms with van der Waals surface area (Å²) in [5.41, 5.74) is 4.24. The third-order valence-electron chi connectivity index (χ3n) is 3.79. The molecule has 0 saturated carbocycles. The standard InChI is InChI=1S/C19H17N5S2/c1-13-10-14(2)24(23-13)17-8-9-18(22-21-17)25-11-16-12-26-19(20-16)15-6-4-3-5-7-15/h3-10,12H,11H2,1-2H3. The highest BCUT2D eigenvalue weighted by Crippen LogP contribution is 2.27. The normalized spacial score (nSPS) is 11.0. The molecule has 0 bridgehead atoms. The van der Waals surface area contributed by atoms with Gasteiger partial charge in [0.2, 0.25) is 0 Å². The molecule has 0 spiro atoms. The lowest BCUT2D eigenvalue weighted by Gasteiger charge is -2.03. The Morgan fingerprint density at radius 2 is 1.88 bits per heavy atom. The molecule has 0 radical (unpaired) electrons. The summed E-state index contributed by atoms with van der Waals surface area (Å²) in [6, 6.07) is 16.2. The Bertz CT molecular complexity index is 1010. The zero-order valence-corrected chi connectivity index (χ0v) is 16.1. The van der Waals surface area contributed by atoms with Gasteiger partial charge in [-0.25, -0.2) is 9.67 Å². The van der Waals surface area contributed by atoms with Gasteiger partial charge in [0.25, 0.3) is 0 Å². The van der Waals surface area contributed by atoms with Gasteiger partial charge < -0.3 is 0 Å². The van der Waals surface area contributed by atoms with Gasteiger partial charge in [-0.1, -0.05) is 42.1 Å². The lowest BCUT2D eigenvalue weighted by molar-refractivity contribution is 0.765. The number of rotatable bonds is 5. The summed E-state index contributed by atoms with van der Waals surface area (Å²) in [4.78, 5) is 4.71. The van der Waals surface area contributed by atoms with Crippen molar-refractivity contribution >= 4 is 23.1 Å². The van der Waals surface area contributed by atoms with Crippen molar-refractivity contribution in [3.05, 3.63) is 71.0 Å². The predicted octanol–water partition coefficient (Wildman–Crippen LogP) is 4.69. The van der Waals surface area contributed by atoms with E-state index in [0.29, 0.717) is 0 Å². The molecule has 1 aromatic carbocycles. The van der Waals surface area contributed by atoms with Crippen molar-refractivity contribution in [2.24, 2.45) is 0 Å². The van der Waals surface area contributed by atoms with Crippen LogP contribution in [0.15, 0.2) is 58.9 Å². The molecule has 4 rings (SSSR count). The monoisotopic (exact) mass is 379 g/mol. The molecule has 0 aliphatic heterocycles. The van der Waals surface area contributed by atoms with E-state index in [1.165, 1.54) is 0 Å². The molecule has 7 heteroatoms. The molecule has 0 aliphatic carbocycles. The van der Waals surface area contributed by atoms with E-state index in [2.05, 4.69) is 32.8 Å². The van der Waals surface area contributed by atoms with Gasteiger partial charge in [0.05, 0.1) is 11.4 Å². The first-order valence-corrected chi connectivity index (χ1v) is 10.1. The van der Waals surface area contributed by atoms with Crippen LogP contribution >= 0.6 is 23.1 Å².